The summed E-state index contributed by atoms with van der Waals surface area (Å²) in [5.74, 6) is 0.632. The number of rotatable bonds is 3. The fraction of sp³-hybridized carbons (Fsp3) is 0.867. The van der Waals surface area contributed by atoms with E-state index in [0.29, 0.717) is 12.3 Å². The maximum atomic E-state index is 12.6. The van der Waals surface area contributed by atoms with Gasteiger partial charge in [-0.05, 0) is 31.6 Å². The van der Waals surface area contributed by atoms with E-state index < -0.39 is 5.54 Å². The van der Waals surface area contributed by atoms with Crippen LogP contribution in [-0.2, 0) is 9.59 Å². The number of carbonyl (C=O) groups is 2. The Kier molecular flexibility index (Phi) is 5.02. The van der Waals surface area contributed by atoms with Gasteiger partial charge in [0, 0.05) is 26.6 Å². The molecular formula is C15H27N3O2. The minimum atomic E-state index is -0.619. The van der Waals surface area contributed by atoms with E-state index in [1.807, 2.05) is 4.90 Å². The van der Waals surface area contributed by atoms with Crippen LogP contribution >= 0.6 is 0 Å². The monoisotopic (exact) mass is 281 g/mol. The van der Waals surface area contributed by atoms with E-state index in [4.69, 9.17) is 5.73 Å². The smallest absolute Gasteiger partial charge is 0.242 e. The molecule has 2 aliphatic rings. The molecule has 2 rings (SSSR count). The Bertz CT molecular complexity index is 356. The number of nitrogens with zero attached hydrogens (tertiary/aromatic N) is 1. The van der Waals surface area contributed by atoms with Crippen LogP contribution in [0.1, 0.15) is 51.4 Å². The van der Waals surface area contributed by atoms with Crippen molar-refractivity contribution >= 4 is 11.8 Å². The van der Waals surface area contributed by atoms with E-state index in [9.17, 15) is 9.59 Å². The van der Waals surface area contributed by atoms with Crippen LogP contribution in [0.25, 0.3) is 0 Å². The predicted octanol–water partition coefficient (Wildman–Crippen LogP) is 1.02. The van der Waals surface area contributed by atoms with Gasteiger partial charge in [-0.1, -0.05) is 19.3 Å². The molecule has 0 radical (unpaired) electrons. The van der Waals surface area contributed by atoms with Gasteiger partial charge in [-0.3, -0.25) is 9.59 Å². The second-order valence-corrected chi connectivity index (χ2v) is 6.33. The van der Waals surface area contributed by atoms with Gasteiger partial charge in [0.2, 0.25) is 11.8 Å². The van der Waals surface area contributed by atoms with Crippen molar-refractivity contribution in [3.63, 3.8) is 0 Å². The summed E-state index contributed by atoms with van der Waals surface area (Å²) in [6.45, 7) is 1.50. The Balaban J connectivity index is 1.84. The molecule has 1 aliphatic heterocycles. The molecule has 2 fully saturated rings. The average molecular weight is 281 g/mol. The van der Waals surface area contributed by atoms with Gasteiger partial charge in [-0.25, -0.2) is 0 Å². The Hall–Kier alpha value is -1.10. The fourth-order valence-corrected chi connectivity index (χ4v) is 3.42. The molecule has 3 N–H and O–H groups in total. The number of amides is 2. The fourth-order valence-electron chi connectivity index (χ4n) is 3.42. The van der Waals surface area contributed by atoms with Crippen LogP contribution in [0, 0.1) is 5.92 Å². The van der Waals surface area contributed by atoms with Crippen molar-refractivity contribution < 1.29 is 9.59 Å². The third kappa shape index (κ3) is 3.51. The molecule has 1 saturated carbocycles. The molecule has 0 aromatic heterocycles. The second-order valence-electron chi connectivity index (χ2n) is 6.33. The molecular weight excluding hydrogens is 254 g/mol. The number of nitrogens with two attached hydrogens (primary N) is 1. The zero-order valence-corrected chi connectivity index (χ0v) is 12.5. The lowest BCUT2D eigenvalue weighted by Crippen LogP contribution is -2.57. The molecule has 114 valence electrons. The van der Waals surface area contributed by atoms with E-state index in [1.165, 1.54) is 6.42 Å². The van der Waals surface area contributed by atoms with Crippen molar-refractivity contribution in [3.05, 3.63) is 0 Å². The molecule has 2 amide bonds. The van der Waals surface area contributed by atoms with Crippen LogP contribution in [0.2, 0.25) is 0 Å². The van der Waals surface area contributed by atoms with Crippen molar-refractivity contribution in [1.82, 2.24) is 10.2 Å². The number of nitrogens with one attached hydrogen (secondary N) is 1. The summed E-state index contributed by atoms with van der Waals surface area (Å²) in [5, 5.41) is 2.66. The van der Waals surface area contributed by atoms with E-state index >= 15 is 0 Å². The molecule has 0 spiro atoms. The molecule has 0 aromatic carbocycles. The molecule has 1 heterocycles. The van der Waals surface area contributed by atoms with E-state index in [0.717, 1.165) is 51.6 Å². The molecule has 1 saturated heterocycles. The quantitative estimate of drug-likeness (QED) is 0.811. The third-order valence-corrected chi connectivity index (χ3v) is 4.83. The van der Waals surface area contributed by atoms with Gasteiger partial charge in [-0.15, -0.1) is 0 Å². The Morgan fingerprint density at radius 2 is 1.80 bits per heavy atom. The van der Waals surface area contributed by atoms with Crippen molar-refractivity contribution in [2.45, 2.75) is 56.9 Å². The first-order chi connectivity index (χ1) is 9.55. The van der Waals surface area contributed by atoms with E-state index in [1.54, 1.807) is 7.05 Å². The lowest BCUT2D eigenvalue weighted by atomic mass is 9.80. The lowest BCUT2D eigenvalue weighted by Gasteiger charge is -2.40. The van der Waals surface area contributed by atoms with Gasteiger partial charge in [0.1, 0.15) is 0 Å². The summed E-state index contributed by atoms with van der Waals surface area (Å²) >= 11 is 0. The summed E-state index contributed by atoms with van der Waals surface area (Å²) in [7, 11) is 1.67. The Morgan fingerprint density at radius 3 is 2.35 bits per heavy atom. The number of hydrogen-bond acceptors (Lipinski definition) is 3. The van der Waals surface area contributed by atoms with Crippen LogP contribution in [-0.4, -0.2) is 42.4 Å². The Labute approximate surface area is 121 Å². The third-order valence-electron chi connectivity index (χ3n) is 4.83. The molecule has 0 bridgehead atoms. The first kappa shape index (κ1) is 15.3. The minimum Gasteiger partial charge on any atom is -0.359 e. The first-order valence-corrected chi connectivity index (χ1v) is 7.84. The minimum absolute atomic E-state index is 0.0948. The van der Waals surface area contributed by atoms with Gasteiger partial charge in [0.25, 0.3) is 0 Å². The molecule has 0 unspecified atom stereocenters. The molecule has 0 aromatic rings. The lowest BCUT2D eigenvalue weighted by molar-refractivity contribution is -0.139. The topological polar surface area (TPSA) is 75.4 Å². The van der Waals surface area contributed by atoms with Crippen LogP contribution < -0.4 is 11.1 Å². The van der Waals surface area contributed by atoms with Gasteiger partial charge in [0.05, 0.1) is 5.54 Å². The highest BCUT2D eigenvalue weighted by molar-refractivity contribution is 5.86. The Morgan fingerprint density at radius 1 is 1.20 bits per heavy atom. The number of likely N-dealkylation sites (tertiary alicyclic amines) is 1. The SMILES string of the molecule is CNC(=O)CC1CCN(C(=O)C2(N)CCCCC2)CC1. The molecule has 20 heavy (non-hydrogen) atoms. The second kappa shape index (κ2) is 6.57. The number of carbonyl (C=O) groups excluding carboxylic acids is 2. The van der Waals surface area contributed by atoms with Crippen LogP contribution in [0.3, 0.4) is 0 Å². The maximum absolute atomic E-state index is 12.6. The molecule has 0 atom stereocenters. The van der Waals surface area contributed by atoms with Crippen LogP contribution in [0.15, 0.2) is 0 Å². The standard InChI is InChI=1S/C15H27N3O2/c1-17-13(19)11-12-5-9-18(10-6-12)14(20)15(16)7-3-2-4-8-15/h12H,2-11,16H2,1H3,(H,17,19). The van der Waals surface area contributed by atoms with E-state index in [-0.39, 0.29) is 11.8 Å². The normalized spacial score (nSPS) is 23.4. The van der Waals surface area contributed by atoms with Gasteiger partial charge in [0.15, 0.2) is 0 Å². The number of piperidine rings is 1. The van der Waals surface area contributed by atoms with Crippen molar-refractivity contribution in [3.8, 4) is 0 Å². The molecule has 5 heteroatoms. The summed E-state index contributed by atoms with van der Waals surface area (Å²) in [5.41, 5.74) is 5.70. The van der Waals surface area contributed by atoms with Crippen molar-refractivity contribution in [2.24, 2.45) is 11.7 Å². The highest BCUT2D eigenvalue weighted by atomic mass is 16.2. The van der Waals surface area contributed by atoms with Crippen molar-refractivity contribution in [1.29, 1.82) is 0 Å². The molecule has 5 nitrogen and oxygen atoms in total. The highest BCUT2D eigenvalue weighted by Crippen LogP contribution is 2.29. The van der Waals surface area contributed by atoms with Crippen LogP contribution in [0.5, 0.6) is 0 Å². The molecule has 1 aliphatic carbocycles. The predicted molar refractivity (Wildman–Crippen MR) is 78.0 cm³/mol. The number of hydrogen-bond donors (Lipinski definition) is 2. The van der Waals surface area contributed by atoms with Gasteiger partial charge < -0.3 is 16.0 Å². The zero-order valence-electron chi connectivity index (χ0n) is 12.5. The summed E-state index contributed by atoms with van der Waals surface area (Å²) in [4.78, 5) is 25.9. The summed E-state index contributed by atoms with van der Waals surface area (Å²) in [6, 6.07) is 0. The van der Waals surface area contributed by atoms with Crippen molar-refractivity contribution in [2.75, 3.05) is 20.1 Å². The summed E-state index contributed by atoms with van der Waals surface area (Å²) in [6.07, 6.45) is 7.37. The van der Waals surface area contributed by atoms with Gasteiger partial charge >= 0.3 is 0 Å². The maximum Gasteiger partial charge on any atom is 0.242 e. The average Bonchev–Trinajstić information content (AvgIpc) is 2.48. The summed E-state index contributed by atoms with van der Waals surface area (Å²) < 4.78 is 0. The van der Waals surface area contributed by atoms with Gasteiger partial charge in [-0.2, -0.15) is 0 Å². The zero-order chi connectivity index (χ0) is 14.6. The first-order valence-electron chi connectivity index (χ1n) is 7.84. The largest absolute Gasteiger partial charge is 0.359 e. The van der Waals surface area contributed by atoms with E-state index in [2.05, 4.69) is 5.32 Å². The highest BCUT2D eigenvalue weighted by Gasteiger charge is 2.39. The van der Waals surface area contributed by atoms with Crippen LogP contribution in [0.4, 0.5) is 0 Å².